The second kappa shape index (κ2) is 9.83. The van der Waals surface area contributed by atoms with Crippen molar-refractivity contribution in [2.75, 3.05) is 22.1 Å². The summed E-state index contributed by atoms with van der Waals surface area (Å²) in [6.45, 7) is 0.319. The number of nitrogens with one attached hydrogen (secondary N) is 2. The molecule has 3 amide bonds. The molecule has 1 atom stereocenters. The number of hydrogen-bond acceptors (Lipinski definition) is 3. The fourth-order valence-corrected chi connectivity index (χ4v) is 4.10. The van der Waals surface area contributed by atoms with E-state index in [1.165, 1.54) is 12.1 Å². The Hall–Kier alpha value is -3.06. The molecular weight excluding hydrogens is 485 g/mol. The predicted octanol–water partition coefficient (Wildman–Crippen LogP) is 5.89. The van der Waals surface area contributed by atoms with Gasteiger partial charge in [-0.25, -0.2) is 0 Å². The lowest BCUT2D eigenvalue weighted by atomic mass is 10.1. The summed E-state index contributed by atoms with van der Waals surface area (Å²) < 4.78 is 0. The Bertz CT molecular complexity index is 1220. The Morgan fingerprint density at radius 1 is 0.848 bits per heavy atom. The monoisotopic (exact) mass is 501 g/mol. The van der Waals surface area contributed by atoms with Gasteiger partial charge in [-0.15, -0.1) is 0 Å². The standard InChI is InChI=1S/C24H18Cl3N3O3/c25-18-11-20(27)21(12-19(18)26)29-23(32)14-6-8-16(9-7-14)28-24(33)15-10-22(31)30(13-15)17-4-2-1-3-5-17/h1-9,11-12,15H,10,13H2,(H,28,33)(H,29,32). The van der Waals surface area contributed by atoms with Gasteiger partial charge in [-0.3, -0.25) is 14.4 Å². The molecule has 0 spiro atoms. The van der Waals surface area contributed by atoms with E-state index >= 15 is 0 Å². The SMILES string of the molecule is O=C(Nc1cc(Cl)c(Cl)cc1Cl)c1ccc(NC(=O)C2CC(=O)N(c3ccccc3)C2)cc1. The summed E-state index contributed by atoms with van der Waals surface area (Å²) >= 11 is 18.0. The van der Waals surface area contributed by atoms with E-state index in [-0.39, 0.29) is 33.3 Å². The maximum absolute atomic E-state index is 12.7. The zero-order valence-corrected chi connectivity index (χ0v) is 19.4. The zero-order valence-electron chi connectivity index (χ0n) is 17.1. The number of anilines is 3. The molecule has 3 aromatic carbocycles. The van der Waals surface area contributed by atoms with Crippen LogP contribution in [0.3, 0.4) is 0 Å². The van der Waals surface area contributed by atoms with Gasteiger partial charge in [0.05, 0.1) is 26.7 Å². The summed E-state index contributed by atoms with van der Waals surface area (Å²) in [6.07, 6.45) is 0.144. The van der Waals surface area contributed by atoms with Crippen molar-refractivity contribution in [3.05, 3.63) is 87.4 Å². The number of rotatable bonds is 5. The Morgan fingerprint density at radius 2 is 1.52 bits per heavy atom. The normalized spacial score (nSPS) is 15.4. The average Bonchev–Trinajstić information content (AvgIpc) is 3.20. The third-order valence-electron chi connectivity index (χ3n) is 5.24. The highest BCUT2D eigenvalue weighted by Crippen LogP contribution is 2.32. The van der Waals surface area contributed by atoms with E-state index < -0.39 is 11.8 Å². The summed E-state index contributed by atoms with van der Waals surface area (Å²) in [7, 11) is 0. The molecule has 0 saturated carbocycles. The van der Waals surface area contributed by atoms with E-state index in [1.807, 2.05) is 30.3 Å². The van der Waals surface area contributed by atoms with Gasteiger partial charge in [0, 0.05) is 29.9 Å². The number of amides is 3. The van der Waals surface area contributed by atoms with Crippen molar-refractivity contribution in [2.45, 2.75) is 6.42 Å². The van der Waals surface area contributed by atoms with Gasteiger partial charge in [0.25, 0.3) is 5.91 Å². The number of para-hydroxylation sites is 1. The van der Waals surface area contributed by atoms with Crippen molar-refractivity contribution in [2.24, 2.45) is 5.92 Å². The Morgan fingerprint density at radius 3 is 2.21 bits per heavy atom. The molecule has 1 aliphatic heterocycles. The van der Waals surface area contributed by atoms with Crippen LogP contribution in [0.5, 0.6) is 0 Å². The zero-order chi connectivity index (χ0) is 23.5. The molecule has 3 aromatic rings. The van der Waals surface area contributed by atoms with Crippen molar-refractivity contribution < 1.29 is 14.4 Å². The van der Waals surface area contributed by atoms with Crippen molar-refractivity contribution in [1.29, 1.82) is 0 Å². The summed E-state index contributed by atoms with van der Waals surface area (Å²) in [5.74, 6) is -1.19. The van der Waals surface area contributed by atoms with Gasteiger partial charge in [0.2, 0.25) is 11.8 Å². The molecule has 0 bridgehead atoms. The molecule has 1 heterocycles. The highest BCUT2D eigenvalue weighted by molar-refractivity contribution is 6.44. The van der Waals surface area contributed by atoms with E-state index in [0.717, 1.165) is 5.69 Å². The molecule has 9 heteroatoms. The maximum Gasteiger partial charge on any atom is 0.255 e. The molecular formula is C24H18Cl3N3O3. The molecule has 2 N–H and O–H groups in total. The van der Waals surface area contributed by atoms with Crippen molar-refractivity contribution in [3.63, 3.8) is 0 Å². The highest BCUT2D eigenvalue weighted by atomic mass is 35.5. The molecule has 4 rings (SSSR count). The van der Waals surface area contributed by atoms with Crippen molar-refractivity contribution >= 4 is 69.6 Å². The topological polar surface area (TPSA) is 78.5 Å². The molecule has 6 nitrogen and oxygen atoms in total. The first-order chi connectivity index (χ1) is 15.8. The molecule has 1 unspecified atom stereocenters. The van der Waals surface area contributed by atoms with E-state index in [1.54, 1.807) is 29.2 Å². The van der Waals surface area contributed by atoms with Crippen LogP contribution in [-0.2, 0) is 9.59 Å². The molecule has 1 saturated heterocycles. The van der Waals surface area contributed by atoms with E-state index in [2.05, 4.69) is 10.6 Å². The third kappa shape index (κ3) is 5.30. The van der Waals surface area contributed by atoms with Crippen LogP contribution in [0.4, 0.5) is 17.1 Å². The lowest BCUT2D eigenvalue weighted by Gasteiger charge is -2.16. The van der Waals surface area contributed by atoms with Gasteiger partial charge >= 0.3 is 0 Å². The maximum atomic E-state index is 12.7. The minimum Gasteiger partial charge on any atom is -0.326 e. The molecule has 0 radical (unpaired) electrons. The second-order valence-electron chi connectivity index (χ2n) is 7.51. The first kappa shape index (κ1) is 23.1. The summed E-state index contributed by atoms with van der Waals surface area (Å²) in [4.78, 5) is 39.2. The molecule has 0 aliphatic carbocycles. The summed E-state index contributed by atoms with van der Waals surface area (Å²) in [6, 6.07) is 18.6. The van der Waals surface area contributed by atoms with E-state index in [0.29, 0.717) is 23.5 Å². The van der Waals surface area contributed by atoms with E-state index in [4.69, 9.17) is 34.8 Å². The molecule has 0 aromatic heterocycles. The molecule has 1 fully saturated rings. The molecule has 1 aliphatic rings. The lowest BCUT2D eigenvalue weighted by molar-refractivity contribution is -0.122. The van der Waals surface area contributed by atoms with Crippen LogP contribution in [0, 0.1) is 5.92 Å². The molecule has 33 heavy (non-hydrogen) atoms. The van der Waals surface area contributed by atoms with Gasteiger partial charge in [0.15, 0.2) is 0 Å². The number of benzene rings is 3. The van der Waals surface area contributed by atoms with Crippen LogP contribution in [0.2, 0.25) is 15.1 Å². The van der Waals surface area contributed by atoms with Crippen LogP contribution in [0.25, 0.3) is 0 Å². The lowest BCUT2D eigenvalue weighted by Crippen LogP contribution is -2.28. The number of carbonyl (C=O) groups is 3. The number of carbonyl (C=O) groups excluding carboxylic acids is 3. The van der Waals surface area contributed by atoms with Crippen molar-refractivity contribution in [1.82, 2.24) is 0 Å². The summed E-state index contributed by atoms with van der Waals surface area (Å²) in [5, 5.41) is 6.31. The second-order valence-corrected chi connectivity index (χ2v) is 8.73. The predicted molar refractivity (Wildman–Crippen MR) is 131 cm³/mol. The van der Waals surface area contributed by atoms with Gasteiger partial charge in [-0.1, -0.05) is 53.0 Å². The van der Waals surface area contributed by atoms with Gasteiger partial charge < -0.3 is 15.5 Å². The van der Waals surface area contributed by atoms with E-state index in [9.17, 15) is 14.4 Å². The first-order valence-corrected chi connectivity index (χ1v) is 11.2. The van der Waals surface area contributed by atoms with Crippen LogP contribution in [-0.4, -0.2) is 24.3 Å². The minimum atomic E-state index is -0.461. The quantitative estimate of drug-likeness (QED) is 0.427. The highest BCUT2D eigenvalue weighted by Gasteiger charge is 2.35. The fourth-order valence-electron chi connectivity index (χ4n) is 3.50. The number of halogens is 3. The minimum absolute atomic E-state index is 0.0886. The smallest absolute Gasteiger partial charge is 0.255 e. The Kier molecular flexibility index (Phi) is 6.88. The van der Waals surface area contributed by atoms with Crippen LogP contribution < -0.4 is 15.5 Å². The number of nitrogens with zero attached hydrogens (tertiary/aromatic N) is 1. The van der Waals surface area contributed by atoms with Gasteiger partial charge in [-0.2, -0.15) is 0 Å². The van der Waals surface area contributed by atoms with Gasteiger partial charge in [-0.05, 0) is 48.5 Å². The van der Waals surface area contributed by atoms with Crippen LogP contribution in [0.15, 0.2) is 66.7 Å². The fraction of sp³-hybridized carbons (Fsp3) is 0.125. The van der Waals surface area contributed by atoms with Gasteiger partial charge in [0.1, 0.15) is 0 Å². The van der Waals surface area contributed by atoms with Crippen LogP contribution in [0.1, 0.15) is 16.8 Å². The largest absolute Gasteiger partial charge is 0.326 e. The first-order valence-electron chi connectivity index (χ1n) is 10.0. The van der Waals surface area contributed by atoms with Crippen molar-refractivity contribution in [3.8, 4) is 0 Å². The Labute approximate surface area is 205 Å². The number of hydrogen-bond donors (Lipinski definition) is 2. The summed E-state index contributed by atoms with van der Waals surface area (Å²) in [5.41, 5.74) is 1.99. The third-order valence-corrected chi connectivity index (χ3v) is 6.27. The average molecular weight is 503 g/mol. The molecule has 168 valence electrons. The van der Waals surface area contributed by atoms with Crippen LogP contribution >= 0.6 is 34.8 Å². The Balaban J connectivity index is 1.38.